The van der Waals surface area contributed by atoms with Gasteiger partial charge in [-0.2, -0.15) is 4.57 Å². The predicted molar refractivity (Wildman–Crippen MR) is 143 cm³/mol. The fourth-order valence-electron chi connectivity index (χ4n) is 4.93. The van der Waals surface area contributed by atoms with Gasteiger partial charge in [-0.05, 0) is 61.4 Å². The molecular formula is C30H27N2O8+. The first-order valence-electron chi connectivity index (χ1n) is 12.5. The third-order valence-electron chi connectivity index (χ3n) is 6.94. The Hall–Kier alpha value is -4.99. The molecule has 2 heterocycles. The minimum Gasteiger partial charge on any atom is -0.497 e. The summed E-state index contributed by atoms with van der Waals surface area (Å²) in [4.78, 5) is 55.3. The molecule has 1 saturated heterocycles. The lowest BCUT2D eigenvalue weighted by molar-refractivity contribution is -0.617. The molecule has 204 valence electrons. The highest BCUT2D eigenvalue weighted by Crippen LogP contribution is 2.33. The van der Waals surface area contributed by atoms with Gasteiger partial charge in [0, 0.05) is 25.0 Å². The van der Waals surface area contributed by atoms with E-state index >= 15 is 0 Å². The quantitative estimate of drug-likeness (QED) is 0.118. The summed E-state index contributed by atoms with van der Waals surface area (Å²) in [5.41, 5.74) is 3.01. The van der Waals surface area contributed by atoms with E-state index in [-0.39, 0.29) is 24.2 Å². The van der Waals surface area contributed by atoms with E-state index in [9.17, 15) is 19.2 Å². The molecule has 0 radical (unpaired) electrons. The molecule has 4 aromatic rings. The lowest BCUT2D eigenvalue weighted by atomic mass is 10.0. The molecule has 1 aliphatic rings. The number of imide groups is 1. The van der Waals surface area contributed by atoms with Gasteiger partial charge in [0.25, 0.3) is 11.8 Å². The average molecular weight is 544 g/mol. The summed E-state index contributed by atoms with van der Waals surface area (Å²) in [5, 5.41) is 1.75. The van der Waals surface area contributed by atoms with Crippen molar-refractivity contribution in [3.63, 3.8) is 0 Å². The molecule has 0 saturated carbocycles. The van der Waals surface area contributed by atoms with Crippen molar-refractivity contribution < 1.29 is 42.8 Å². The van der Waals surface area contributed by atoms with Gasteiger partial charge in [0.05, 0.1) is 36.1 Å². The Morgan fingerprint density at radius 1 is 0.775 bits per heavy atom. The number of pyridine rings is 1. The van der Waals surface area contributed by atoms with Crippen molar-refractivity contribution in [1.29, 1.82) is 0 Å². The maximum atomic E-state index is 13.9. The van der Waals surface area contributed by atoms with E-state index < -0.39 is 23.8 Å². The highest BCUT2D eigenvalue weighted by atomic mass is 16.7. The monoisotopic (exact) mass is 543 g/mol. The molecule has 0 unspecified atom stereocenters. The molecular weight excluding hydrogens is 516 g/mol. The van der Waals surface area contributed by atoms with E-state index in [0.717, 1.165) is 11.0 Å². The zero-order chi connectivity index (χ0) is 28.7. The summed E-state index contributed by atoms with van der Waals surface area (Å²) in [7, 11) is 5.02. The highest BCUT2D eigenvalue weighted by Gasteiger charge is 2.33. The predicted octanol–water partition coefficient (Wildman–Crippen LogP) is 3.89. The fourth-order valence-corrected chi connectivity index (χ4v) is 4.93. The lowest BCUT2D eigenvalue weighted by Crippen LogP contribution is -2.32. The Bertz CT molecular complexity index is 1640. The number of nitrogens with zero attached hydrogens (tertiary/aromatic N) is 2. The van der Waals surface area contributed by atoms with Crippen molar-refractivity contribution in [2.24, 2.45) is 7.05 Å². The van der Waals surface area contributed by atoms with Crippen LogP contribution in [-0.2, 0) is 21.5 Å². The van der Waals surface area contributed by atoms with Crippen LogP contribution >= 0.6 is 0 Å². The molecule has 0 N–H and O–H groups in total. The van der Waals surface area contributed by atoms with Crippen molar-refractivity contribution in [2.75, 3.05) is 14.2 Å². The summed E-state index contributed by atoms with van der Waals surface area (Å²) in [5.74, 6) is -1.17. The Morgan fingerprint density at radius 3 is 1.75 bits per heavy atom. The summed E-state index contributed by atoms with van der Waals surface area (Å²) < 4.78 is 18.8. The van der Waals surface area contributed by atoms with Crippen molar-refractivity contribution in [2.45, 2.75) is 26.7 Å². The van der Waals surface area contributed by atoms with Gasteiger partial charge in [0.15, 0.2) is 0 Å². The number of fused-ring (bicyclic) bond motifs is 2. The molecule has 0 bridgehead atoms. The molecule has 0 aliphatic carbocycles. The van der Waals surface area contributed by atoms with Crippen LogP contribution in [0, 0.1) is 13.8 Å². The van der Waals surface area contributed by atoms with Crippen molar-refractivity contribution in [1.82, 2.24) is 5.06 Å². The second-order valence-electron chi connectivity index (χ2n) is 9.49. The molecule has 40 heavy (non-hydrogen) atoms. The SMILES string of the molecule is COc1ccc2c(c1)c(C(=O)Oc1c(C)cc(C(=O)ON3C(=O)CCC3=O)cc1C)c1cc(OC)ccc1[n+]2C. The first-order chi connectivity index (χ1) is 19.1. The van der Waals surface area contributed by atoms with Crippen LogP contribution in [0.1, 0.15) is 44.7 Å². The Balaban J connectivity index is 1.56. The second kappa shape index (κ2) is 10.3. The summed E-state index contributed by atoms with van der Waals surface area (Å²) in [6.07, 6.45) is -0.00459. The number of aryl methyl sites for hydroxylation is 3. The number of hydroxylamine groups is 2. The van der Waals surface area contributed by atoms with Crippen molar-refractivity contribution >= 4 is 45.6 Å². The summed E-state index contributed by atoms with van der Waals surface area (Å²) in [6, 6.07) is 13.9. The number of esters is 1. The maximum Gasteiger partial charge on any atom is 0.363 e. The van der Waals surface area contributed by atoms with Crippen molar-refractivity contribution in [3.8, 4) is 17.2 Å². The van der Waals surface area contributed by atoms with Crippen LogP contribution in [0.4, 0.5) is 0 Å². The van der Waals surface area contributed by atoms with Gasteiger partial charge in [-0.15, -0.1) is 5.06 Å². The Labute approximate surface area is 229 Å². The van der Waals surface area contributed by atoms with Gasteiger partial charge >= 0.3 is 11.9 Å². The minimum atomic E-state index is -0.862. The van der Waals surface area contributed by atoms with Gasteiger partial charge in [-0.25, -0.2) is 9.59 Å². The number of amides is 2. The van der Waals surface area contributed by atoms with Gasteiger partial charge in [-0.1, -0.05) is 0 Å². The zero-order valence-corrected chi connectivity index (χ0v) is 22.7. The van der Waals surface area contributed by atoms with Crippen LogP contribution in [0.3, 0.4) is 0 Å². The third-order valence-corrected chi connectivity index (χ3v) is 6.94. The molecule has 1 aliphatic heterocycles. The van der Waals surface area contributed by atoms with Crippen LogP contribution in [0.5, 0.6) is 17.2 Å². The van der Waals surface area contributed by atoms with Gasteiger partial charge in [0.2, 0.25) is 11.0 Å². The van der Waals surface area contributed by atoms with Crippen LogP contribution in [0.15, 0.2) is 48.5 Å². The number of ether oxygens (including phenoxy) is 3. The van der Waals surface area contributed by atoms with Gasteiger partial charge in [0.1, 0.15) is 24.3 Å². The van der Waals surface area contributed by atoms with E-state index in [1.165, 1.54) is 12.1 Å². The Morgan fingerprint density at radius 2 is 1.27 bits per heavy atom. The molecule has 1 aromatic heterocycles. The standard InChI is InChI=1S/C30H27N2O8/c1-16-12-18(29(35)40-32-25(33)10-11-26(32)34)13-17(2)28(16)39-30(36)27-21-14-19(37-4)6-8-23(21)31(3)24-9-7-20(38-5)15-22(24)27/h6-9,12-15H,10-11H2,1-5H3/q+1. The first-order valence-corrected chi connectivity index (χ1v) is 12.5. The normalized spacial score (nSPS) is 13.2. The molecule has 5 rings (SSSR count). The summed E-state index contributed by atoms with van der Waals surface area (Å²) in [6.45, 7) is 3.37. The number of carbonyl (C=O) groups is 4. The second-order valence-corrected chi connectivity index (χ2v) is 9.49. The van der Waals surface area contributed by atoms with Crippen LogP contribution in [0.25, 0.3) is 21.8 Å². The molecule has 0 spiro atoms. The largest absolute Gasteiger partial charge is 0.497 e. The maximum absolute atomic E-state index is 13.9. The van der Waals surface area contributed by atoms with Crippen LogP contribution < -0.4 is 18.8 Å². The number of methoxy groups -OCH3 is 2. The van der Waals surface area contributed by atoms with Gasteiger partial charge < -0.3 is 19.0 Å². The van der Waals surface area contributed by atoms with Gasteiger partial charge in [-0.3, -0.25) is 9.59 Å². The molecule has 1 fully saturated rings. The number of rotatable bonds is 6. The van der Waals surface area contributed by atoms with Crippen LogP contribution in [-0.4, -0.2) is 43.0 Å². The highest BCUT2D eigenvalue weighted by molar-refractivity contribution is 6.14. The van der Waals surface area contributed by atoms with E-state index in [1.807, 2.05) is 35.9 Å². The molecule has 10 heteroatoms. The lowest BCUT2D eigenvalue weighted by Gasteiger charge is -2.16. The summed E-state index contributed by atoms with van der Waals surface area (Å²) >= 11 is 0. The zero-order valence-electron chi connectivity index (χ0n) is 22.7. The van der Waals surface area contributed by atoms with E-state index in [1.54, 1.807) is 40.2 Å². The number of aromatic nitrogens is 1. The number of carbonyl (C=O) groups excluding carboxylic acids is 4. The van der Waals surface area contributed by atoms with Crippen molar-refractivity contribution in [3.05, 3.63) is 70.8 Å². The first kappa shape index (κ1) is 26.6. The van der Waals surface area contributed by atoms with E-state index in [0.29, 0.717) is 44.0 Å². The number of benzene rings is 3. The molecule has 2 amide bonds. The van der Waals surface area contributed by atoms with E-state index in [2.05, 4.69) is 0 Å². The van der Waals surface area contributed by atoms with Crippen LogP contribution in [0.2, 0.25) is 0 Å². The minimum absolute atomic E-state index is 0.00229. The van der Waals surface area contributed by atoms with E-state index in [4.69, 9.17) is 19.0 Å². The average Bonchev–Trinajstić information content (AvgIpc) is 3.26. The molecule has 10 nitrogen and oxygen atoms in total. The number of hydrogen-bond donors (Lipinski definition) is 0. The molecule has 3 aromatic carbocycles. The Kier molecular flexibility index (Phi) is 6.85. The fraction of sp³-hybridized carbons (Fsp3) is 0.233. The topological polar surface area (TPSA) is 112 Å². The third kappa shape index (κ3) is 4.57. The molecule has 0 atom stereocenters. The number of hydrogen-bond acceptors (Lipinski definition) is 8. The smallest absolute Gasteiger partial charge is 0.363 e.